The Hall–Kier alpha value is -2.60. The number of aromatic nitrogens is 1. The van der Waals surface area contributed by atoms with Crippen LogP contribution in [0.1, 0.15) is 16.8 Å². The SMILES string of the molecule is Cc1ccc(B(OCc2ccccn2)c2ccc(C(F)(F)F)cc2)cc1. The molecule has 2 nitrogen and oxygen atoms in total. The average molecular weight is 355 g/mol. The van der Waals surface area contributed by atoms with E-state index in [-0.39, 0.29) is 6.61 Å². The van der Waals surface area contributed by atoms with Crippen LogP contribution in [-0.4, -0.2) is 11.9 Å². The first-order valence-electron chi connectivity index (χ1n) is 8.19. The minimum Gasteiger partial charge on any atom is -0.421 e. The highest BCUT2D eigenvalue weighted by Gasteiger charge is 2.31. The van der Waals surface area contributed by atoms with Gasteiger partial charge < -0.3 is 4.65 Å². The molecule has 0 bridgehead atoms. The fraction of sp³-hybridized carbons (Fsp3) is 0.150. The van der Waals surface area contributed by atoms with Gasteiger partial charge in [-0.3, -0.25) is 4.98 Å². The van der Waals surface area contributed by atoms with Crippen molar-refractivity contribution >= 4 is 17.8 Å². The molecule has 0 radical (unpaired) electrons. The van der Waals surface area contributed by atoms with Crippen LogP contribution in [0.4, 0.5) is 13.2 Å². The van der Waals surface area contributed by atoms with Crippen molar-refractivity contribution in [2.24, 2.45) is 0 Å². The summed E-state index contributed by atoms with van der Waals surface area (Å²) in [7, 11) is 0. The summed E-state index contributed by atoms with van der Waals surface area (Å²) in [5.74, 6) is 0. The predicted molar refractivity (Wildman–Crippen MR) is 96.7 cm³/mol. The zero-order chi connectivity index (χ0) is 18.6. The molecule has 3 rings (SSSR count). The van der Waals surface area contributed by atoms with Crippen molar-refractivity contribution in [3.8, 4) is 0 Å². The first-order chi connectivity index (χ1) is 12.4. The van der Waals surface area contributed by atoms with Gasteiger partial charge in [-0.25, -0.2) is 0 Å². The van der Waals surface area contributed by atoms with E-state index in [2.05, 4.69) is 4.98 Å². The molecule has 3 aromatic rings. The lowest BCUT2D eigenvalue weighted by molar-refractivity contribution is -0.137. The summed E-state index contributed by atoms with van der Waals surface area (Å²) in [6.45, 7) is 1.77. The monoisotopic (exact) mass is 355 g/mol. The number of rotatable bonds is 5. The highest BCUT2D eigenvalue weighted by molar-refractivity contribution is 6.80. The van der Waals surface area contributed by atoms with Gasteiger partial charge in [0.15, 0.2) is 0 Å². The zero-order valence-electron chi connectivity index (χ0n) is 14.2. The average Bonchev–Trinajstić information content (AvgIpc) is 2.64. The summed E-state index contributed by atoms with van der Waals surface area (Å²) in [4.78, 5) is 4.22. The van der Waals surface area contributed by atoms with E-state index < -0.39 is 18.7 Å². The Bertz CT molecular complexity index is 834. The van der Waals surface area contributed by atoms with E-state index >= 15 is 0 Å². The van der Waals surface area contributed by atoms with Gasteiger partial charge in [-0.05, 0) is 30.0 Å². The molecule has 0 saturated heterocycles. The highest BCUT2D eigenvalue weighted by atomic mass is 19.4. The summed E-state index contributed by atoms with van der Waals surface area (Å²) < 4.78 is 44.5. The van der Waals surface area contributed by atoms with Crippen LogP contribution in [0.2, 0.25) is 0 Å². The normalized spacial score (nSPS) is 11.4. The summed E-state index contributed by atoms with van der Waals surface area (Å²) in [6, 6.07) is 18.4. The summed E-state index contributed by atoms with van der Waals surface area (Å²) in [5, 5.41) is 0. The Morgan fingerprint density at radius 1 is 0.885 bits per heavy atom. The van der Waals surface area contributed by atoms with Crippen molar-refractivity contribution in [3.05, 3.63) is 89.7 Å². The van der Waals surface area contributed by atoms with Gasteiger partial charge in [-0.15, -0.1) is 0 Å². The molecular weight excluding hydrogens is 338 g/mol. The van der Waals surface area contributed by atoms with Crippen molar-refractivity contribution < 1.29 is 17.8 Å². The van der Waals surface area contributed by atoms with Crippen LogP contribution in [0.25, 0.3) is 0 Å². The maximum atomic E-state index is 12.8. The molecule has 0 spiro atoms. The molecule has 0 amide bonds. The number of benzene rings is 2. The van der Waals surface area contributed by atoms with Crippen LogP contribution in [0.5, 0.6) is 0 Å². The molecule has 132 valence electrons. The van der Waals surface area contributed by atoms with Crippen LogP contribution < -0.4 is 10.9 Å². The Morgan fingerprint density at radius 2 is 1.50 bits per heavy atom. The fourth-order valence-electron chi connectivity index (χ4n) is 2.63. The third-order valence-corrected chi connectivity index (χ3v) is 4.04. The zero-order valence-corrected chi connectivity index (χ0v) is 14.2. The fourth-order valence-corrected chi connectivity index (χ4v) is 2.63. The Morgan fingerprint density at radius 3 is 2.04 bits per heavy atom. The number of aryl methyl sites for hydroxylation is 1. The van der Waals surface area contributed by atoms with E-state index in [1.54, 1.807) is 6.20 Å². The molecule has 0 aliphatic carbocycles. The van der Waals surface area contributed by atoms with E-state index in [1.165, 1.54) is 12.1 Å². The van der Waals surface area contributed by atoms with Gasteiger partial charge in [0.25, 0.3) is 0 Å². The maximum Gasteiger partial charge on any atom is 0.416 e. The van der Waals surface area contributed by atoms with Crippen LogP contribution in [0, 0.1) is 6.92 Å². The lowest BCUT2D eigenvalue weighted by atomic mass is 9.55. The molecule has 0 fully saturated rings. The second kappa shape index (κ2) is 7.75. The number of pyridine rings is 1. The lowest BCUT2D eigenvalue weighted by Gasteiger charge is -2.16. The van der Waals surface area contributed by atoms with Gasteiger partial charge in [-0.1, -0.05) is 60.2 Å². The molecule has 1 heterocycles. The van der Waals surface area contributed by atoms with Crippen molar-refractivity contribution in [2.45, 2.75) is 19.7 Å². The van der Waals surface area contributed by atoms with Crippen molar-refractivity contribution in [1.29, 1.82) is 0 Å². The molecule has 0 aliphatic rings. The Balaban J connectivity index is 1.88. The second-order valence-corrected chi connectivity index (χ2v) is 6.04. The first-order valence-corrected chi connectivity index (χ1v) is 8.19. The molecule has 26 heavy (non-hydrogen) atoms. The molecule has 6 heteroatoms. The third kappa shape index (κ3) is 4.52. The second-order valence-electron chi connectivity index (χ2n) is 6.04. The number of halogens is 3. The number of hydrogen-bond donors (Lipinski definition) is 0. The van der Waals surface area contributed by atoms with Crippen molar-refractivity contribution in [1.82, 2.24) is 4.98 Å². The standard InChI is InChI=1S/C20H17BF3NO/c1-15-5-9-17(10-6-15)21(26-14-19-4-2-3-13-25-19)18-11-7-16(8-12-18)20(22,23)24/h2-13H,14H2,1H3. The molecule has 2 aromatic carbocycles. The first kappa shape index (κ1) is 18.2. The topological polar surface area (TPSA) is 22.1 Å². The van der Waals surface area contributed by atoms with Crippen molar-refractivity contribution in [3.63, 3.8) is 0 Å². The van der Waals surface area contributed by atoms with E-state index in [4.69, 9.17) is 4.65 Å². The van der Waals surface area contributed by atoms with Gasteiger partial charge in [0.1, 0.15) is 0 Å². The van der Waals surface area contributed by atoms with Gasteiger partial charge in [0, 0.05) is 6.20 Å². The molecular formula is C20H17BF3NO. The minimum atomic E-state index is -4.35. The van der Waals surface area contributed by atoms with Gasteiger partial charge >= 0.3 is 13.1 Å². The number of alkyl halides is 3. The quantitative estimate of drug-likeness (QED) is 0.651. The Kier molecular flexibility index (Phi) is 5.42. The van der Waals surface area contributed by atoms with Gasteiger partial charge in [-0.2, -0.15) is 13.2 Å². The van der Waals surface area contributed by atoms with E-state index in [9.17, 15) is 13.2 Å². The number of hydrogen-bond acceptors (Lipinski definition) is 2. The van der Waals surface area contributed by atoms with Crippen LogP contribution in [-0.2, 0) is 17.4 Å². The summed E-state index contributed by atoms with van der Waals surface area (Å²) >= 11 is 0. The van der Waals surface area contributed by atoms with Gasteiger partial charge in [0.05, 0.1) is 17.9 Å². The van der Waals surface area contributed by atoms with E-state index in [0.717, 1.165) is 28.9 Å². The Labute approximate surface area is 150 Å². The molecule has 0 atom stereocenters. The largest absolute Gasteiger partial charge is 0.421 e. The van der Waals surface area contributed by atoms with Gasteiger partial charge in [0.2, 0.25) is 0 Å². The highest BCUT2D eigenvalue weighted by Crippen LogP contribution is 2.28. The van der Waals surface area contributed by atoms with Crippen LogP contribution in [0.3, 0.4) is 0 Å². The maximum absolute atomic E-state index is 12.8. The smallest absolute Gasteiger partial charge is 0.416 e. The molecule has 0 aliphatic heterocycles. The van der Waals surface area contributed by atoms with Crippen LogP contribution >= 0.6 is 0 Å². The van der Waals surface area contributed by atoms with Crippen molar-refractivity contribution in [2.75, 3.05) is 0 Å². The summed E-state index contributed by atoms with van der Waals surface area (Å²) in [6.07, 6.45) is -2.68. The predicted octanol–water partition coefficient (Wildman–Crippen LogP) is 3.73. The molecule has 0 saturated carbocycles. The van der Waals surface area contributed by atoms with E-state index in [1.807, 2.05) is 49.4 Å². The van der Waals surface area contributed by atoms with E-state index in [0.29, 0.717) is 5.46 Å². The lowest BCUT2D eigenvalue weighted by Crippen LogP contribution is -2.45. The molecule has 0 N–H and O–H groups in total. The number of nitrogens with zero attached hydrogens (tertiary/aromatic N) is 1. The summed E-state index contributed by atoms with van der Waals surface area (Å²) in [5.41, 5.74) is 2.74. The minimum absolute atomic E-state index is 0.264. The van der Waals surface area contributed by atoms with Crippen LogP contribution in [0.15, 0.2) is 72.9 Å². The third-order valence-electron chi connectivity index (χ3n) is 4.04. The molecule has 0 unspecified atom stereocenters. The molecule has 1 aromatic heterocycles.